The molecule has 0 saturated heterocycles. The van der Waals surface area contributed by atoms with Gasteiger partial charge in [-0.15, -0.1) is 0 Å². The van der Waals surface area contributed by atoms with Crippen LogP contribution in [0.25, 0.3) is 0 Å². The van der Waals surface area contributed by atoms with Gasteiger partial charge in [-0.25, -0.2) is 0 Å². The fraction of sp³-hybridized carbons (Fsp3) is 0.182. The summed E-state index contributed by atoms with van der Waals surface area (Å²) in [6.07, 6.45) is 3.15. The van der Waals surface area contributed by atoms with Crippen molar-refractivity contribution in [3.8, 4) is 11.5 Å². The minimum atomic E-state index is 0.432. The second kappa shape index (κ2) is 5.46. The summed E-state index contributed by atoms with van der Waals surface area (Å²) >= 11 is 4.98. The van der Waals surface area contributed by atoms with Gasteiger partial charge in [-0.3, -0.25) is 5.10 Å². The van der Waals surface area contributed by atoms with Crippen molar-refractivity contribution in [2.24, 2.45) is 5.10 Å². The van der Waals surface area contributed by atoms with E-state index in [4.69, 9.17) is 21.7 Å². The first-order valence-electron chi connectivity index (χ1n) is 5.12. The van der Waals surface area contributed by atoms with Crippen LogP contribution >= 0.6 is 12.2 Å². The Morgan fingerprint density at radius 2 is 1.94 bits per heavy atom. The van der Waals surface area contributed by atoms with Gasteiger partial charge in [0.15, 0.2) is 0 Å². The Balaban J connectivity index is 2.31. The molecule has 1 N–H and O–H groups in total. The smallest absolute Gasteiger partial charge is 0.216 e. The Morgan fingerprint density at radius 1 is 1.28 bits per heavy atom. The Morgan fingerprint density at radius 3 is 2.44 bits per heavy atom. The zero-order chi connectivity index (χ0) is 13.0. The van der Waals surface area contributed by atoms with Gasteiger partial charge in [0.25, 0.3) is 0 Å². The Bertz CT molecular complexity index is 595. The maximum atomic E-state index is 5.17. The molecular weight excluding hydrogens is 252 g/mol. The van der Waals surface area contributed by atoms with Crippen LogP contribution in [0.3, 0.4) is 0 Å². The molecular formula is C11H12N4O2S. The van der Waals surface area contributed by atoms with Gasteiger partial charge in [0.1, 0.15) is 17.8 Å². The van der Waals surface area contributed by atoms with Crippen LogP contribution in [0.15, 0.2) is 29.6 Å². The third-order valence-corrected chi connectivity index (χ3v) is 2.52. The van der Waals surface area contributed by atoms with E-state index in [-0.39, 0.29) is 0 Å². The van der Waals surface area contributed by atoms with Crippen LogP contribution in [0.5, 0.6) is 11.5 Å². The lowest BCUT2D eigenvalue weighted by molar-refractivity contribution is 0.394. The molecule has 94 valence electrons. The van der Waals surface area contributed by atoms with Crippen molar-refractivity contribution in [1.82, 2.24) is 14.9 Å². The molecule has 0 aliphatic carbocycles. The highest BCUT2D eigenvalue weighted by atomic mass is 32.1. The summed E-state index contributed by atoms with van der Waals surface area (Å²) < 4.78 is 12.2. The van der Waals surface area contributed by atoms with Gasteiger partial charge >= 0.3 is 0 Å². The van der Waals surface area contributed by atoms with Gasteiger partial charge in [0, 0.05) is 11.6 Å². The number of hydrogen-bond acceptors (Lipinski definition) is 5. The van der Waals surface area contributed by atoms with Gasteiger partial charge in [0.05, 0.1) is 20.4 Å². The topological polar surface area (TPSA) is 64.4 Å². The van der Waals surface area contributed by atoms with Crippen molar-refractivity contribution in [2.75, 3.05) is 14.2 Å². The number of hydrogen-bond donors (Lipinski definition) is 1. The number of aromatic amines is 1. The first-order chi connectivity index (χ1) is 8.72. The second-order valence-electron chi connectivity index (χ2n) is 3.40. The second-order valence-corrected chi connectivity index (χ2v) is 3.78. The third kappa shape index (κ3) is 2.75. The van der Waals surface area contributed by atoms with E-state index in [1.807, 2.05) is 12.1 Å². The van der Waals surface area contributed by atoms with Crippen molar-refractivity contribution in [3.63, 3.8) is 0 Å². The zero-order valence-corrected chi connectivity index (χ0v) is 10.8. The molecule has 0 bridgehead atoms. The third-order valence-electron chi connectivity index (χ3n) is 2.24. The molecule has 0 atom stereocenters. The standard InChI is InChI=1S/C11H12N4O2S/c1-16-9-3-8(4-10(5-9)17-2)6-13-15-7-12-14-11(15)18/h3-7H,1-2H3,(H,14,18)/b13-6+. The minimum absolute atomic E-state index is 0.432. The van der Waals surface area contributed by atoms with Crippen LogP contribution in [0.1, 0.15) is 5.56 Å². The molecule has 1 heterocycles. The zero-order valence-electron chi connectivity index (χ0n) is 9.95. The molecule has 0 radical (unpaired) electrons. The summed E-state index contributed by atoms with van der Waals surface area (Å²) in [5.74, 6) is 1.40. The number of H-pyrrole nitrogens is 1. The predicted molar refractivity (Wildman–Crippen MR) is 69.9 cm³/mol. The van der Waals surface area contributed by atoms with Crippen LogP contribution in [0, 0.1) is 4.77 Å². The summed E-state index contributed by atoms with van der Waals surface area (Å²) in [5.41, 5.74) is 0.842. The molecule has 7 heteroatoms. The highest BCUT2D eigenvalue weighted by molar-refractivity contribution is 7.71. The van der Waals surface area contributed by atoms with E-state index in [9.17, 15) is 0 Å². The van der Waals surface area contributed by atoms with Crippen molar-refractivity contribution >= 4 is 18.4 Å². The number of nitrogens with zero attached hydrogens (tertiary/aromatic N) is 3. The predicted octanol–water partition coefficient (Wildman–Crippen LogP) is 1.84. The summed E-state index contributed by atoms with van der Waals surface area (Å²) in [7, 11) is 3.20. The first-order valence-corrected chi connectivity index (χ1v) is 5.53. The van der Waals surface area contributed by atoms with E-state index in [0.29, 0.717) is 16.3 Å². The van der Waals surface area contributed by atoms with Gasteiger partial charge in [-0.1, -0.05) is 0 Å². The quantitative estimate of drug-likeness (QED) is 0.676. The van der Waals surface area contributed by atoms with Crippen LogP contribution < -0.4 is 9.47 Å². The van der Waals surface area contributed by atoms with Crippen molar-refractivity contribution in [3.05, 3.63) is 34.9 Å². The highest BCUT2D eigenvalue weighted by Gasteiger charge is 2.00. The fourth-order valence-corrected chi connectivity index (χ4v) is 1.50. The van der Waals surface area contributed by atoms with Gasteiger partial charge in [-0.05, 0) is 24.4 Å². The largest absolute Gasteiger partial charge is 0.497 e. The van der Waals surface area contributed by atoms with Crippen LogP contribution in [0.4, 0.5) is 0 Å². The summed E-state index contributed by atoms with van der Waals surface area (Å²) in [6, 6.07) is 5.48. The molecule has 0 unspecified atom stereocenters. The molecule has 1 aromatic carbocycles. The fourth-order valence-electron chi connectivity index (χ4n) is 1.36. The molecule has 0 aliphatic heterocycles. The molecule has 6 nitrogen and oxygen atoms in total. The lowest BCUT2D eigenvalue weighted by Gasteiger charge is -2.05. The van der Waals surface area contributed by atoms with Crippen LogP contribution in [-0.4, -0.2) is 35.3 Å². The Kier molecular flexibility index (Phi) is 3.73. The van der Waals surface area contributed by atoms with E-state index < -0.39 is 0 Å². The van der Waals surface area contributed by atoms with E-state index in [1.165, 1.54) is 11.0 Å². The van der Waals surface area contributed by atoms with Crippen molar-refractivity contribution < 1.29 is 9.47 Å². The number of nitrogens with one attached hydrogen (secondary N) is 1. The molecule has 0 aliphatic rings. The number of methoxy groups -OCH3 is 2. The maximum absolute atomic E-state index is 5.17. The average molecular weight is 264 g/mol. The van der Waals surface area contributed by atoms with Crippen molar-refractivity contribution in [2.45, 2.75) is 0 Å². The monoisotopic (exact) mass is 264 g/mol. The molecule has 0 saturated carbocycles. The van der Waals surface area contributed by atoms with Gasteiger partial charge < -0.3 is 9.47 Å². The lowest BCUT2D eigenvalue weighted by Crippen LogP contribution is -1.92. The molecule has 0 spiro atoms. The van der Waals surface area contributed by atoms with E-state index >= 15 is 0 Å². The van der Waals surface area contributed by atoms with Gasteiger partial charge in [-0.2, -0.15) is 14.9 Å². The number of ether oxygens (including phenoxy) is 2. The molecule has 2 rings (SSSR count). The molecule has 0 fully saturated rings. The maximum Gasteiger partial charge on any atom is 0.216 e. The number of aromatic nitrogens is 3. The summed E-state index contributed by atoms with van der Waals surface area (Å²) in [5, 5.41) is 10.6. The van der Waals surface area contributed by atoms with E-state index in [2.05, 4.69) is 15.3 Å². The molecule has 0 amide bonds. The Hall–Kier alpha value is -2.15. The molecule has 1 aromatic heterocycles. The minimum Gasteiger partial charge on any atom is -0.497 e. The molecule has 2 aromatic rings. The van der Waals surface area contributed by atoms with Crippen LogP contribution in [-0.2, 0) is 0 Å². The average Bonchev–Trinajstić information content (AvgIpc) is 2.81. The van der Waals surface area contributed by atoms with E-state index in [0.717, 1.165) is 5.56 Å². The van der Waals surface area contributed by atoms with E-state index in [1.54, 1.807) is 26.5 Å². The number of rotatable bonds is 4. The Labute approximate surface area is 109 Å². The van der Waals surface area contributed by atoms with Gasteiger partial charge in [0.2, 0.25) is 4.77 Å². The summed E-state index contributed by atoms with van der Waals surface area (Å²) in [4.78, 5) is 0. The number of benzene rings is 1. The highest BCUT2D eigenvalue weighted by Crippen LogP contribution is 2.21. The lowest BCUT2D eigenvalue weighted by atomic mass is 10.2. The SMILES string of the molecule is COc1cc(/C=N/n2cn[nH]c2=S)cc(OC)c1. The summed E-state index contributed by atoms with van der Waals surface area (Å²) in [6.45, 7) is 0. The first kappa shape index (κ1) is 12.3. The normalized spacial score (nSPS) is 10.8. The van der Waals surface area contributed by atoms with Crippen LogP contribution in [0.2, 0.25) is 0 Å². The van der Waals surface area contributed by atoms with Crippen molar-refractivity contribution in [1.29, 1.82) is 0 Å². The molecule has 18 heavy (non-hydrogen) atoms.